The van der Waals surface area contributed by atoms with Gasteiger partial charge < -0.3 is 5.73 Å². The zero-order valence-electron chi connectivity index (χ0n) is 9.76. The van der Waals surface area contributed by atoms with E-state index in [9.17, 15) is 10.1 Å². The lowest BCUT2D eigenvalue weighted by Gasteiger charge is -2.31. The number of nitro groups is 1. The van der Waals surface area contributed by atoms with Gasteiger partial charge in [-0.15, -0.1) is 12.4 Å². The molecule has 1 aromatic rings. The molecule has 1 aromatic carbocycles. The minimum Gasteiger partial charge on any atom is -0.324 e. The highest BCUT2D eigenvalue weighted by Crippen LogP contribution is 2.37. The molecule has 4 nitrogen and oxygen atoms in total. The molecule has 0 heterocycles. The lowest BCUT2D eigenvalue weighted by molar-refractivity contribution is -0.385. The molecule has 0 aliphatic heterocycles. The molecule has 0 amide bonds. The van der Waals surface area contributed by atoms with Crippen LogP contribution in [0.1, 0.15) is 36.4 Å². The Morgan fingerprint density at radius 2 is 2.12 bits per heavy atom. The monoisotopic (exact) mass is 256 g/mol. The van der Waals surface area contributed by atoms with Crippen molar-refractivity contribution in [3.63, 3.8) is 0 Å². The van der Waals surface area contributed by atoms with Crippen LogP contribution in [-0.2, 0) is 0 Å². The molecule has 1 aliphatic carbocycles. The van der Waals surface area contributed by atoms with E-state index < -0.39 is 0 Å². The van der Waals surface area contributed by atoms with Crippen LogP contribution in [0.25, 0.3) is 0 Å². The predicted molar refractivity (Wildman–Crippen MR) is 69.4 cm³/mol. The molecule has 0 aromatic heterocycles. The molecule has 1 fully saturated rings. The maximum absolute atomic E-state index is 10.8. The molecule has 1 atom stereocenters. The maximum atomic E-state index is 10.8. The lowest BCUT2D eigenvalue weighted by atomic mass is 9.77. The Morgan fingerprint density at radius 3 is 2.59 bits per heavy atom. The lowest BCUT2D eigenvalue weighted by Crippen LogP contribution is -2.26. The fourth-order valence-corrected chi connectivity index (χ4v) is 2.10. The number of nitro benzene ring substituents is 1. The van der Waals surface area contributed by atoms with Gasteiger partial charge in [-0.3, -0.25) is 10.1 Å². The van der Waals surface area contributed by atoms with Gasteiger partial charge >= 0.3 is 0 Å². The molecule has 0 saturated heterocycles. The standard InChI is InChI=1S/C12H16N2O2.ClH/c1-8-5-6-10(7-11(8)14(15)16)12(13)9-3-2-4-9;/h5-7,9,12H,2-4,13H2,1H3;1H/t12-;/m1./s1. The van der Waals surface area contributed by atoms with Crippen molar-refractivity contribution in [2.75, 3.05) is 0 Å². The molecule has 1 aliphatic rings. The molecule has 0 unspecified atom stereocenters. The molecule has 0 radical (unpaired) electrons. The van der Waals surface area contributed by atoms with Crippen LogP contribution < -0.4 is 5.73 Å². The summed E-state index contributed by atoms with van der Waals surface area (Å²) in [5.74, 6) is 0.502. The Labute approximate surface area is 107 Å². The van der Waals surface area contributed by atoms with Crippen LogP contribution in [-0.4, -0.2) is 4.92 Å². The maximum Gasteiger partial charge on any atom is 0.272 e. The van der Waals surface area contributed by atoms with Gasteiger partial charge in [0.05, 0.1) is 4.92 Å². The summed E-state index contributed by atoms with van der Waals surface area (Å²) >= 11 is 0. The summed E-state index contributed by atoms with van der Waals surface area (Å²) in [6.07, 6.45) is 3.51. The fraction of sp³-hybridized carbons (Fsp3) is 0.500. The molecule has 94 valence electrons. The number of aryl methyl sites for hydroxylation is 1. The van der Waals surface area contributed by atoms with E-state index in [0.717, 1.165) is 18.4 Å². The third-order valence-corrected chi connectivity index (χ3v) is 3.47. The van der Waals surface area contributed by atoms with Crippen LogP contribution in [0.15, 0.2) is 18.2 Å². The summed E-state index contributed by atoms with van der Waals surface area (Å²) < 4.78 is 0. The van der Waals surface area contributed by atoms with Crippen molar-refractivity contribution in [1.82, 2.24) is 0 Å². The molecule has 2 N–H and O–H groups in total. The molecular weight excluding hydrogens is 240 g/mol. The minimum atomic E-state index is -0.341. The van der Waals surface area contributed by atoms with Gasteiger partial charge in [-0.1, -0.05) is 18.6 Å². The highest BCUT2D eigenvalue weighted by atomic mass is 35.5. The summed E-state index contributed by atoms with van der Waals surface area (Å²) in [5.41, 5.74) is 7.85. The average Bonchev–Trinajstić information content (AvgIpc) is 2.15. The van der Waals surface area contributed by atoms with E-state index in [-0.39, 0.29) is 29.1 Å². The number of benzene rings is 1. The van der Waals surface area contributed by atoms with Crippen LogP contribution in [0, 0.1) is 23.0 Å². The van der Waals surface area contributed by atoms with Crippen molar-refractivity contribution in [2.45, 2.75) is 32.2 Å². The first kappa shape index (κ1) is 13.9. The van der Waals surface area contributed by atoms with Crippen LogP contribution >= 0.6 is 12.4 Å². The first-order valence-corrected chi connectivity index (χ1v) is 5.60. The number of hydrogen-bond donors (Lipinski definition) is 1. The second-order valence-corrected chi connectivity index (χ2v) is 4.52. The topological polar surface area (TPSA) is 69.2 Å². The van der Waals surface area contributed by atoms with Gasteiger partial charge in [-0.05, 0) is 31.2 Å². The van der Waals surface area contributed by atoms with Crippen LogP contribution in [0.2, 0.25) is 0 Å². The first-order valence-electron chi connectivity index (χ1n) is 5.60. The van der Waals surface area contributed by atoms with E-state index in [1.165, 1.54) is 6.42 Å². The zero-order valence-corrected chi connectivity index (χ0v) is 10.6. The van der Waals surface area contributed by atoms with Gasteiger partial charge in [0.1, 0.15) is 0 Å². The van der Waals surface area contributed by atoms with Gasteiger partial charge in [0.25, 0.3) is 5.69 Å². The largest absolute Gasteiger partial charge is 0.324 e. The summed E-state index contributed by atoms with van der Waals surface area (Å²) in [6.45, 7) is 1.75. The van der Waals surface area contributed by atoms with E-state index in [0.29, 0.717) is 11.5 Å². The molecular formula is C12H17ClN2O2. The van der Waals surface area contributed by atoms with Crippen molar-refractivity contribution >= 4 is 18.1 Å². The van der Waals surface area contributed by atoms with Crippen LogP contribution in [0.3, 0.4) is 0 Å². The third-order valence-electron chi connectivity index (χ3n) is 3.47. The van der Waals surface area contributed by atoms with Crippen molar-refractivity contribution in [3.05, 3.63) is 39.4 Å². The molecule has 2 rings (SSSR count). The van der Waals surface area contributed by atoms with Crippen LogP contribution in [0.5, 0.6) is 0 Å². The number of rotatable bonds is 3. The second-order valence-electron chi connectivity index (χ2n) is 4.52. The number of halogens is 1. The van der Waals surface area contributed by atoms with Crippen LogP contribution in [0.4, 0.5) is 5.69 Å². The molecule has 0 spiro atoms. The summed E-state index contributed by atoms with van der Waals surface area (Å²) in [6, 6.07) is 5.27. The van der Waals surface area contributed by atoms with Crippen molar-refractivity contribution in [2.24, 2.45) is 11.7 Å². The van der Waals surface area contributed by atoms with E-state index in [4.69, 9.17) is 5.73 Å². The Kier molecular flexibility index (Phi) is 4.48. The Morgan fingerprint density at radius 1 is 1.47 bits per heavy atom. The zero-order chi connectivity index (χ0) is 11.7. The predicted octanol–water partition coefficient (Wildman–Crippen LogP) is 3.12. The SMILES string of the molecule is Cc1ccc([C@H](N)C2CCC2)cc1[N+](=O)[O-].Cl. The Hall–Kier alpha value is -1.13. The van der Waals surface area contributed by atoms with E-state index >= 15 is 0 Å². The third kappa shape index (κ3) is 2.76. The van der Waals surface area contributed by atoms with Crippen molar-refractivity contribution < 1.29 is 4.92 Å². The van der Waals surface area contributed by atoms with E-state index in [1.54, 1.807) is 19.1 Å². The van der Waals surface area contributed by atoms with Gasteiger partial charge in [-0.25, -0.2) is 0 Å². The molecule has 5 heteroatoms. The fourth-order valence-electron chi connectivity index (χ4n) is 2.10. The Balaban J connectivity index is 0.00000144. The highest BCUT2D eigenvalue weighted by molar-refractivity contribution is 5.85. The normalized spacial score (nSPS) is 16.8. The van der Waals surface area contributed by atoms with Gasteiger partial charge in [-0.2, -0.15) is 0 Å². The second kappa shape index (κ2) is 5.47. The van der Waals surface area contributed by atoms with Crippen molar-refractivity contribution in [1.29, 1.82) is 0 Å². The van der Waals surface area contributed by atoms with Gasteiger partial charge in [0, 0.05) is 17.7 Å². The molecule has 17 heavy (non-hydrogen) atoms. The van der Waals surface area contributed by atoms with Crippen molar-refractivity contribution in [3.8, 4) is 0 Å². The summed E-state index contributed by atoms with van der Waals surface area (Å²) in [4.78, 5) is 10.5. The highest BCUT2D eigenvalue weighted by Gasteiger charge is 2.26. The number of nitrogens with zero attached hydrogens (tertiary/aromatic N) is 1. The summed E-state index contributed by atoms with van der Waals surface area (Å²) in [7, 11) is 0. The van der Waals surface area contributed by atoms with Gasteiger partial charge in [0.15, 0.2) is 0 Å². The minimum absolute atomic E-state index is 0. The number of nitrogens with two attached hydrogens (primary N) is 1. The number of hydrogen-bond acceptors (Lipinski definition) is 3. The van der Waals surface area contributed by atoms with Gasteiger partial charge in [0.2, 0.25) is 0 Å². The van der Waals surface area contributed by atoms with E-state index in [1.807, 2.05) is 6.07 Å². The average molecular weight is 257 g/mol. The summed E-state index contributed by atoms with van der Waals surface area (Å²) in [5, 5.41) is 10.8. The quantitative estimate of drug-likeness (QED) is 0.667. The smallest absolute Gasteiger partial charge is 0.272 e. The Bertz CT molecular complexity index is 419. The molecule has 0 bridgehead atoms. The first-order chi connectivity index (χ1) is 7.59. The molecule has 1 saturated carbocycles. The van der Waals surface area contributed by atoms with E-state index in [2.05, 4.69) is 0 Å².